The summed E-state index contributed by atoms with van der Waals surface area (Å²) in [5.41, 5.74) is 8.78. The van der Waals surface area contributed by atoms with E-state index in [-0.39, 0.29) is 5.92 Å². The Balaban J connectivity index is 2.48. The number of fused-ring (bicyclic) bond motifs is 1. The Bertz CT molecular complexity index is 560. The van der Waals surface area contributed by atoms with Crippen LogP contribution in [0, 0.1) is 6.92 Å². The van der Waals surface area contributed by atoms with Gasteiger partial charge in [-0.05, 0) is 24.6 Å². The number of aromatic amines is 1. The number of carbonyl (C=O) groups is 1. The lowest BCUT2D eigenvalue weighted by Gasteiger charge is -2.15. The van der Waals surface area contributed by atoms with Crippen LogP contribution in [0.3, 0.4) is 0 Å². The molecule has 1 unspecified atom stereocenters. The van der Waals surface area contributed by atoms with E-state index in [1.54, 1.807) is 0 Å². The van der Waals surface area contributed by atoms with Crippen molar-refractivity contribution in [3.63, 3.8) is 0 Å². The van der Waals surface area contributed by atoms with Gasteiger partial charge in [-0.1, -0.05) is 18.6 Å². The van der Waals surface area contributed by atoms with Crippen LogP contribution >= 0.6 is 0 Å². The second-order valence-corrected chi connectivity index (χ2v) is 4.45. The lowest BCUT2D eigenvalue weighted by Crippen LogP contribution is -2.35. The highest BCUT2D eigenvalue weighted by atomic mass is 16.4. The first kappa shape index (κ1) is 11.7. The number of nitrogens with two attached hydrogens (primary N) is 1. The van der Waals surface area contributed by atoms with Crippen LogP contribution in [0.5, 0.6) is 0 Å². The Morgan fingerprint density at radius 1 is 1.47 bits per heavy atom. The molecule has 1 heterocycles. The van der Waals surface area contributed by atoms with Crippen molar-refractivity contribution in [2.75, 3.05) is 0 Å². The van der Waals surface area contributed by atoms with Gasteiger partial charge in [-0.3, -0.25) is 4.79 Å². The fraction of sp³-hybridized carbons (Fsp3) is 0.308. The van der Waals surface area contributed by atoms with Crippen LogP contribution in [0.2, 0.25) is 0 Å². The highest BCUT2D eigenvalue weighted by Crippen LogP contribution is 2.27. The molecule has 0 aliphatic rings. The molecule has 2 atom stereocenters. The summed E-state index contributed by atoms with van der Waals surface area (Å²) in [4.78, 5) is 14.0. The molecular weight excluding hydrogens is 216 g/mol. The average molecular weight is 232 g/mol. The summed E-state index contributed by atoms with van der Waals surface area (Å²) in [6.45, 7) is 3.85. The first-order valence-corrected chi connectivity index (χ1v) is 5.56. The number of carboxylic acids is 1. The minimum Gasteiger partial charge on any atom is -0.480 e. The molecule has 17 heavy (non-hydrogen) atoms. The molecule has 0 radical (unpaired) electrons. The predicted molar refractivity (Wildman–Crippen MR) is 67.1 cm³/mol. The Morgan fingerprint density at radius 2 is 2.18 bits per heavy atom. The topological polar surface area (TPSA) is 79.1 Å². The number of nitrogens with one attached hydrogen (secondary N) is 1. The van der Waals surface area contributed by atoms with E-state index in [0.29, 0.717) is 0 Å². The largest absolute Gasteiger partial charge is 0.480 e. The van der Waals surface area contributed by atoms with Gasteiger partial charge in [0.1, 0.15) is 6.04 Å². The molecule has 0 spiro atoms. The Kier molecular flexibility index (Phi) is 2.90. The van der Waals surface area contributed by atoms with Crippen molar-refractivity contribution in [2.45, 2.75) is 25.8 Å². The first-order valence-electron chi connectivity index (χ1n) is 5.56. The summed E-state index contributed by atoms with van der Waals surface area (Å²) in [6, 6.07) is 5.18. The number of H-pyrrole nitrogens is 1. The van der Waals surface area contributed by atoms with Gasteiger partial charge in [-0.25, -0.2) is 0 Å². The van der Waals surface area contributed by atoms with Crippen LogP contribution in [-0.2, 0) is 4.79 Å². The van der Waals surface area contributed by atoms with Gasteiger partial charge in [0.15, 0.2) is 0 Å². The molecule has 1 aromatic carbocycles. The lowest BCUT2D eigenvalue weighted by molar-refractivity contribution is -0.138. The van der Waals surface area contributed by atoms with Crippen LogP contribution in [0.1, 0.15) is 24.0 Å². The second-order valence-electron chi connectivity index (χ2n) is 4.45. The second kappa shape index (κ2) is 4.22. The molecular formula is C13H16N2O2. The van der Waals surface area contributed by atoms with Crippen molar-refractivity contribution in [3.05, 3.63) is 35.5 Å². The van der Waals surface area contributed by atoms with Crippen LogP contribution in [0.4, 0.5) is 0 Å². The van der Waals surface area contributed by atoms with E-state index in [1.165, 1.54) is 0 Å². The van der Waals surface area contributed by atoms with Gasteiger partial charge in [0.2, 0.25) is 0 Å². The molecule has 90 valence electrons. The number of aliphatic carboxylic acids is 1. The van der Waals surface area contributed by atoms with Crippen LogP contribution < -0.4 is 5.73 Å². The molecule has 1 aromatic heterocycles. The summed E-state index contributed by atoms with van der Waals surface area (Å²) in [5.74, 6) is -1.19. The molecule has 0 fully saturated rings. The van der Waals surface area contributed by atoms with Crippen LogP contribution in [0.25, 0.3) is 10.9 Å². The summed E-state index contributed by atoms with van der Waals surface area (Å²) >= 11 is 0. The molecule has 0 aliphatic heterocycles. The van der Waals surface area contributed by atoms with Crippen molar-refractivity contribution in [2.24, 2.45) is 5.73 Å². The maximum absolute atomic E-state index is 10.9. The van der Waals surface area contributed by atoms with E-state index in [9.17, 15) is 4.79 Å². The Hall–Kier alpha value is -1.81. The normalized spacial score (nSPS) is 14.8. The van der Waals surface area contributed by atoms with E-state index in [1.807, 2.05) is 38.2 Å². The quantitative estimate of drug-likeness (QED) is 0.757. The number of hydrogen-bond donors (Lipinski definition) is 3. The summed E-state index contributed by atoms with van der Waals surface area (Å²) < 4.78 is 0. The summed E-state index contributed by atoms with van der Waals surface area (Å²) in [5, 5.41) is 9.99. The third kappa shape index (κ3) is 2.03. The highest BCUT2D eigenvalue weighted by Gasteiger charge is 2.23. The minimum atomic E-state index is -0.973. The van der Waals surface area contributed by atoms with Crippen molar-refractivity contribution in [1.82, 2.24) is 4.98 Å². The Labute approximate surface area is 99.4 Å². The molecule has 4 nitrogen and oxygen atoms in total. The van der Waals surface area contributed by atoms with Gasteiger partial charge in [0.05, 0.1) is 0 Å². The number of rotatable bonds is 3. The van der Waals surface area contributed by atoms with Crippen LogP contribution in [-0.4, -0.2) is 22.1 Å². The van der Waals surface area contributed by atoms with Crippen molar-refractivity contribution in [1.29, 1.82) is 0 Å². The number of hydrogen-bond acceptors (Lipinski definition) is 2. The van der Waals surface area contributed by atoms with Gasteiger partial charge in [-0.15, -0.1) is 0 Å². The molecule has 2 rings (SSSR count). The number of carboxylic acid groups (broad SMARTS) is 1. The number of aryl methyl sites for hydroxylation is 1. The molecule has 0 bridgehead atoms. The molecule has 4 heteroatoms. The van der Waals surface area contributed by atoms with Gasteiger partial charge < -0.3 is 15.8 Å². The number of aromatic nitrogens is 1. The van der Waals surface area contributed by atoms with E-state index >= 15 is 0 Å². The molecule has 4 N–H and O–H groups in total. The fourth-order valence-electron chi connectivity index (χ4n) is 2.04. The fourth-order valence-corrected chi connectivity index (χ4v) is 2.04. The summed E-state index contributed by atoms with van der Waals surface area (Å²) in [7, 11) is 0. The van der Waals surface area contributed by atoms with E-state index in [4.69, 9.17) is 10.8 Å². The third-order valence-electron chi connectivity index (χ3n) is 3.18. The highest BCUT2D eigenvalue weighted by molar-refractivity contribution is 5.85. The summed E-state index contributed by atoms with van der Waals surface area (Å²) in [6.07, 6.45) is 1.84. The molecule has 2 aromatic rings. The van der Waals surface area contributed by atoms with Gasteiger partial charge in [-0.2, -0.15) is 0 Å². The molecule has 0 amide bonds. The Morgan fingerprint density at radius 3 is 2.82 bits per heavy atom. The minimum absolute atomic E-state index is 0.219. The zero-order valence-corrected chi connectivity index (χ0v) is 9.90. The maximum Gasteiger partial charge on any atom is 0.321 e. The average Bonchev–Trinajstić information content (AvgIpc) is 2.69. The zero-order chi connectivity index (χ0) is 12.6. The monoisotopic (exact) mass is 232 g/mol. The van der Waals surface area contributed by atoms with Crippen molar-refractivity contribution >= 4 is 16.9 Å². The number of benzene rings is 1. The predicted octanol–water partition coefficient (Wildman–Crippen LogP) is 1.99. The van der Waals surface area contributed by atoms with Gasteiger partial charge in [0, 0.05) is 23.0 Å². The van der Waals surface area contributed by atoms with E-state index < -0.39 is 12.0 Å². The molecule has 0 saturated heterocycles. The third-order valence-corrected chi connectivity index (χ3v) is 3.18. The zero-order valence-electron chi connectivity index (χ0n) is 9.90. The smallest absolute Gasteiger partial charge is 0.321 e. The van der Waals surface area contributed by atoms with E-state index in [2.05, 4.69) is 4.98 Å². The van der Waals surface area contributed by atoms with Gasteiger partial charge in [0.25, 0.3) is 0 Å². The maximum atomic E-state index is 10.9. The van der Waals surface area contributed by atoms with Crippen molar-refractivity contribution < 1.29 is 9.90 Å². The van der Waals surface area contributed by atoms with Crippen LogP contribution in [0.15, 0.2) is 24.4 Å². The standard InChI is InChI=1S/C13H16N2O2/c1-7-3-4-11-9(5-7)10(6-15-11)8(2)12(14)13(16)17/h3-6,8,12,15H,14H2,1-2H3,(H,16,17)/t8?,12-/m0/s1. The lowest BCUT2D eigenvalue weighted by atomic mass is 9.93. The molecule has 0 aliphatic carbocycles. The van der Waals surface area contributed by atoms with Crippen molar-refractivity contribution in [3.8, 4) is 0 Å². The SMILES string of the molecule is Cc1ccc2[nH]cc(C(C)[C@H](N)C(=O)O)c2c1. The first-order chi connectivity index (χ1) is 8.00. The van der Waals surface area contributed by atoms with E-state index in [0.717, 1.165) is 22.0 Å². The van der Waals surface area contributed by atoms with Gasteiger partial charge >= 0.3 is 5.97 Å². The molecule has 0 saturated carbocycles.